The molecule has 0 aliphatic heterocycles. The SMILES string of the molecule is CC(C)(C)NC(=O)NC(=O)CO. The summed E-state index contributed by atoms with van der Waals surface area (Å²) < 4.78 is 0. The normalized spacial score (nSPS) is 10.7. The Bertz CT molecular complexity index is 184. The fourth-order valence-electron chi connectivity index (χ4n) is 0.538. The second-order valence-corrected chi connectivity index (χ2v) is 3.41. The molecule has 0 saturated carbocycles. The van der Waals surface area contributed by atoms with Gasteiger partial charge in [-0.25, -0.2) is 4.79 Å². The first kappa shape index (κ1) is 10.9. The molecule has 0 heterocycles. The van der Waals surface area contributed by atoms with Crippen LogP contribution in [0, 0.1) is 0 Å². The van der Waals surface area contributed by atoms with Crippen LogP contribution in [0.2, 0.25) is 0 Å². The van der Waals surface area contributed by atoms with Gasteiger partial charge in [-0.05, 0) is 20.8 Å². The molecule has 0 rings (SSSR count). The first-order valence-electron chi connectivity index (χ1n) is 3.58. The smallest absolute Gasteiger partial charge is 0.321 e. The van der Waals surface area contributed by atoms with Crippen molar-refractivity contribution in [2.24, 2.45) is 0 Å². The number of hydrogen-bond acceptors (Lipinski definition) is 3. The van der Waals surface area contributed by atoms with E-state index in [0.717, 1.165) is 0 Å². The number of imide groups is 1. The predicted octanol–water partition coefficient (Wildman–Crippen LogP) is -0.397. The number of urea groups is 1. The minimum Gasteiger partial charge on any atom is -0.387 e. The lowest BCUT2D eigenvalue weighted by atomic mass is 10.1. The molecule has 0 unspecified atom stereocenters. The third-order valence-electron chi connectivity index (χ3n) is 0.885. The Morgan fingerprint density at radius 1 is 1.33 bits per heavy atom. The third kappa shape index (κ3) is 5.67. The van der Waals surface area contributed by atoms with Crippen LogP contribution < -0.4 is 10.6 Å². The fraction of sp³-hybridized carbons (Fsp3) is 0.714. The highest BCUT2D eigenvalue weighted by Crippen LogP contribution is 1.96. The van der Waals surface area contributed by atoms with Gasteiger partial charge < -0.3 is 10.4 Å². The molecule has 5 nitrogen and oxygen atoms in total. The van der Waals surface area contributed by atoms with E-state index in [4.69, 9.17) is 5.11 Å². The van der Waals surface area contributed by atoms with Gasteiger partial charge in [-0.2, -0.15) is 0 Å². The van der Waals surface area contributed by atoms with Crippen LogP contribution in [-0.2, 0) is 4.79 Å². The minimum absolute atomic E-state index is 0.389. The van der Waals surface area contributed by atoms with E-state index in [1.165, 1.54) is 0 Å². The molecule has 0 aromatic carbocycles. The van der Waals surface area contributed by atoms with Gasteiger partial charge >= 0.3 is 6.03 Å². The summed E-state index contributed by atoms with van der Waals surface area (Å²) in [6, 6.07) is -0.596. The largest absolute Gasteiger partial charge is 0.387 e. The van der Waals surface area contributed by atoms with Crippen molar-refractivity contribution in [1.29, 1.82) is 0 Å². The average molecular weight is 174 g/mol. The van der Waals surface area contributed by atoms with E-state index in [9.17, 15) is 9.59 Å². The second kappa shape index (κ2) is 4.06. The van der Waals surface area contributed by atoms with Gasteiger partial charge in [0.05, 0.1) is 0 Å². The van der Waals surface area contributed by atoms with Gasteiger partial charge in [0.2, 0.25) is 0 Å². The number of aliphatic hydroxyl groups is 1. The zero-order valence-corrected chi connectivity index (χ0v) is 7.47. The molecular weight excluding hydrogens is 160 g/mol. The van der Waals surface area contributed by atoms with Crippen molar-refractivity contribution in [3.63, 3.8) is 0 Å². The molecule has 0 aliphatic carbocycles. The van der Waals surface area contributed by atoms with Crippen LogP contribution in [0.15, 0.2) is 0 Å². The number of aliphatic hydroxyl groups excluding tert-OH is 1. The highest BCUT2D eigenvalue weighted by molar-refractivity contribution is 5.94. The number of carbonyl (C=O) groups is 2. The summed E-state index contributed by atoms with van der Waals surface area (Å²) in [6.07, 6.45) is 0. The van der Waals surface area contributed by atoms with Crippen LogP contribution in [0.1, 0.15) is 20.8 Å². The molecule has 0 bridgehead atoms. The summed E-state index contributed by atoms with van der Waals surface area (Å²) in [6.45, 7) is 4.68. The van der Waals surface area contributed by atoms with Gasteiger partial charge in [0.1, 0.15) is 6.61 Å². The lowest BCUT2D eigenvalue weighted by Gasteiger charge is -2.19. The zero-order chi connectivity index (χ0) is 9.78. The second-order valence-electron chi connectivity index (χ2n) is 3.41. The van der Waals surface area contributed by atoms with Crippen molar-refractivity contribution >= 4 is 11.9 Å². The molecule has 0 aromatic rings. The summed E-state index contributed by atoms with van der Waals surface area (Å²) in [5.74, 6) is -0.711. The molecular formula is C7H14N2O3. The number of rotatable bonds is 1. The molecule has 0 radical (unpaired) electrons. The van der Waals surface area contributed by atoms with Crippen molar-refractivity contribution in [2.45, 2.75) is 26.3 Å². The lowest BCUT2D eigenvalue weighted by molar-refractivity contribution is -0.122. The molecule has 0 atom stereocenters. The minimum atomic E-state index is -0.711. The molecule has 0 aromatic heterocycles. The van der Waals surface area contributed by atoms with Gasteiger partial charge in [-0.3, -0.25) is 10.1 Å². The van der Waals surface area contributed by atoms with Gasteiger partial charge in [0.25, 0.3) is 5.91 Å². The number of hydrogen-bond donors (Lipinski definition) is 3. The van der Waals surface area contributed by atoms with E-state index in [-0.39, 0.29) is 5.54 Å². The molecule has 0 fully saturated rings. The molecule has 12 heavy (non-hydrogen) atoms. The van der Waals surface area contributed by atoms with Gasteiger partial charge in [0, 0.05) is 5.54 Å². The highest BCUT2D eigenvalue weighted by atomic mass is 16.3. The summed E-state index contributed by atoms with van der Waals surface area (Å²) >= 11 is 0. The van der Waals surface area contributed by atoms with Crippen molar-refractivity contribution < 1.29 is 14.7 Å². The maximum absolute atomic E-state index is 10.9. The number of amides is 3. The van der Waals surface area contributed by atoms with E-state index < -0.39 is 18.5 Å². The molecule has 0 aliphatic rings. The van der Waals surface area contributed by atoms with E-state index in [0.29, 0.717) is 0 Å². The van der Waals surface area contributed by atoms with Crippen molar-refractivity contribution in [1.82, 2.24) is 10.6 Å². The highest BCUT2D eigenvalue weighted by Gasteiger charge is 2.14. The summed E-state index contributed by atoms with van der Waals surface area (Å²) in [5, 5.41) is 12.7. The van der Waals surface area contributed by atoms with E-state index in [1.807, 2.05) is 5.32 Å². The van der Waals surface area contributed by atoms with Crippen LogP contribution in [0.25, 0.3) is 0 Å². The Kier molecular flexibility index (Phi) is 3.69. The Balaban J connectivity index is 3.83. The van der Waals surface area contributed by atoms with Crippen LogP contribution in [0.3, 0.4) is 0 Å². The van der Waals surface area contributed by atoms with Crippen LogP contribution in [0.4, 0.5) is 4.79 Å². The maximum atomic E-state index is 10.9. The molecule has 70 valence electrons. The third-order valence-corrected chi connectivity index (χ3v) is 0.885. The molecule has 0 saturated heterocycles. The average Bonchev–Trinajstić information content (AvgIpc) is 1.82. The van der Waals surface area contributed by atoms with E-state index >= 15 is 0 Å². The first-order valence-corrected chi connectivity index (χ1v) is 3.58. The Morgan fingerprint density at radius 3 is 2.17 bits per heavy atom. The van der Waals surface area contributed by atoms with Crippen molar-refractivity contribution in [2.75, 3.05) is 6.61 Å². The summed E-state index contributed by atoms with van der Waals surface area (Å²) in [4.78, 5) is 21.4. The fourth-order valence-corrected chi connectivity index (χ4v) is 0.538. The Hall–Kier alpha value is -1.10. The Labute approximate surface area is 71.1 Å². The summed E-state index contributed by atoms with van der Waals surface area (Å²) in [7, 11) is 0. The predicted molar refractivity (Wildman–Crippen MR) is 43.5 cm³/mol. The van der Waals surface area contributed by atoms with Crippen molar-refractivity contribution in [3.8, 4) is 0 Å². The number of carbonyl (C=O) groups excluding carboxylic acids is 2. The Morgan fingerprint density at radius 2 is 1.83 bits per heavy atom. The van der Waals surface area contributed by atoms with Crippen LogP contribution >= 0.6 is 0 Å². The maximum Gasteiger partial charge on any atom is 0.321 e. The first-order chi connectivity index (χ1) is 5.35. The standard InChI is InChI=1S/C7H14N2O3/c1-7(2,3)9-6(12)8-5(11)4-10/h10H,4H2,1-3H3,(H2,8,9,11,12). The molecule has 0 spiro atoms. The van der Waals surface area contributed by atoms with Crippen LogP contribution in [-0.4, -0.2) is 29.2 Å². The molecule has 3 amide bonds. The number of nitrogens with one attached hydrogen (secondary N) is 2. The van der Waals surface area contributed by atoms with E-state index in [2.05, 4.69) is 5.32 Å². The summed E-state index contributed by atoms with van der Waals surface area (Å²) in [5.41, 5.74) is -0.389. The topological polar surface area (TPSA) is 78.4 Å². The van der Waals surface area contributed by atoms with Gasteiger partial charge in [0.15, 0.2) is 0 Å². The molecule has 3 N–H and O–H groups in total. The molecule has 5 heteroatoms. The van der Waals surface area contributed by atoms with E-state index in [1.54, 1.807) is 20.8 Å². The van der Waals surface area contributed by atoms with Crippen molar-refractivity contribution in [3.05, 3.63) is 0 Å². The van der Waals surface area contributed by atoms with Gasteiger partial charge in [-0.15, -0.1) is 0 Å². The van der Waals surface area contributed by atoms with Gasteiger partial charge in [-0.1, -0.05) is 0 Å². The quantitative estimate of drug-likeness (QED) is 0.506. The zero-order valence-electron chi connectivity index (χ0n) is 7.47. The monoisotopic (exact) mass is 174 g/mol. The lowest BCUT2D eigenvalue weighted by Crippen LogP contribution is -2.48. The van der Waals surface area contributed by atoms with Crippen LogP contribution in [0.5, 0.6) is 0 Å².